The Hall–Kier alpha value is -3.16. The van der Waals surface area contributed by atoms with E-state index in [4.69, 9.17) is 10.5 Å². The summed E-state index contributed by atoms with van der Waals surface area (Å²) in [5.74, 6) is 1.31. The number of nitrogens with zero attached hydrogens (tertiary/aromatic N) is 3. The summed E-state index contributed by atoms with van der Waals surface area (Å²) < 4.78 is 5.06. The Balaban J connectivity index is 1.64. The fourth-order valence-electron chi connectivity index (χ4n) is 2.42. The highest BCUT2D eigenvalue weighted by molar-refractivity contribution is 5.98. The third-order valence-corrected chi connectivity index (χ3v) is 4.22. The summed E-state index contributed by atoms with van der Waals surface area (Å²) in [4.78, 5) is 20.9. The molecule has 1 aliphatic carbocycles. The molecule has 2 aromatic heterocycles. The van der Waals surface area contributed by atoms with Gasteiger partial charge in [0.2, 0.25) is 11.8 Å². The lowest BCUT2D eigenvalue weighted by Gasteiger charge is -2.11. The number of ether oxygens (including phenoxy) is 1. The Morgan fingerprint density at radius 1 is 1.50 bits per heavy atom. The van der Waals surface area contributed by atoms with Gasteiger partial charge in [-0.1, -0.05) is 6.07 Å². The predicted molar refractivity (Wildman–Crippen MR) is 99.6 cm³/mol. The van der Waals surface area contributed by atoms with Crippen LogP contribution in [0.4, 0.5) is 11.6 Å². The zero-order chi connectivity index (χ0) is 18.5. The SMILES string of the molecule is COc1cccc(N=C/C(=C\N)C(C)C(=O)Nc2cc(C3CC3)[nH]n2)n1. The van der Waals surface area contributed by atoms with Gasteiger partial charge < -0.3 is 15.8 Å². The molecule has 0 saturated heterocycles. The highest BCUT2D eigenvalue weighted by atomic mass is 16.5. The summed E-state index contributed by atoms with van der Waals surface area (Å²) >= 11 is 0. The Labute approximate surface area is 151 Å². The predicted octanol–water partition coefficient (Wildman–Crippen LogP) is 2.51. The van der Waals surface area contributed by atoms with Crippen LogP contribution in [0.2, 0.25) is 0 Å². The molecule has 1 amide bonds. The number of nitrogens with two attached hydrogens (primary N) is 1. The number of hydrogen-bond acceptors (Lipinski definition) is 6. The zero-order valence-corrected chi connectivity index (χ0v) is 14.8. The van der Waals surface area contributed by atoms with Gasteiger partial charge in [0.05, 0.1) is 13.0 Å². The molecule has 8 nitrogen and oxygen atoms in total. The van der Waals surface area contributed by atoms with Crippen molar-refractivity contribution in [2.75, 3.05) is 12.4 Å². The minimum Gasteiger partial charge on any atom is -0.481 e. The van der Waals surface area contributed by atoms with Gasteiger partial charge in [0, 0.05) is 30.0 Å². The molecule has 0 radical (unpaired) electrons. The summed E-state index contributed by atoms with van der Waals surface area (Å²) in [5, 5.41) is 9.90. The summed E-state index contributed by atoms with van der Waals surface area (Å²) in [6.07, 6.45) is 5.24. The molecule has 2 aromatic rings. The molecular weight excluding hydrogens is 332 g/mol. The van der Waals surface area contributed by atoms with Gasteiger partial charge in [-0.2, -0.15) is 10.1 Å². The van der Waals surface area contributed by atoms with Gasteiger partial charge >= 0.3 is 0 Å². The minimum absolute atomic E-state index is 0.208. The molecular formula is C18H22N6O2. The summed E-state index contributed by atoms with van der Waals surface area (Å²) in [6, 6.07) is 7.13. The molecule has 1 fully saturated rings. The standard InChI is InChI=1S/C18H22N6O2/c1-11(18(25)22-16-8-14(23-24-16)12-6-7-12)13(9-19)10-20-15-4-3-5-17(21-15)26-2/h3-5,8-12H,6-7,19H2,1-2H3,(H2,22,23,24,25)/b13-9+,20-10?. The van der Waals surface area contributed by atoms with E-state index < -0.39 is 5.92 Å². The van der Waals surface area contributed by atoms with Crippen LogP contribution >= 0.6 is 0 Å². The van der Waals surface area contributed by atoms with Crippen molar-refractivity contribution in [1.82, 2.24) is 15.2 Å². The van der Waals surface area contributed by atoms with Gasteiger partial charge in [0.25, 0.3) is 0 Å². The number of carbonyl (C=O) groups is 1. The van der Waals surface area contributed by atoms with Gasteiger partial charge in [-0.25, -0.2) is 4.99 Å². The first-order chi connectivity index (χ1) is 12.6. The molecule has 0 bridgehead atoms. The number of amides is 1. The Morgan fingerprint density at radius 2 is 2.31 bits per heavy atom. The molecule has 136 valence electrons. The van der Waals surface area contributed by atoms with Crippen LogP contribution in [0.1, 0.15) is 31.4 Å². The number of rotatable bonds is 7. The summed E-state index contributed by atoms with van der Waals surface area (Å²) in [7, 11) is 1.54. The fourth-order valence-corrected chi connectivity index (χ4v) is 2.42. The smallest absolute Gasteiger partial charge is 0.232 e. The molecule has 1 saturated carbocycles. The van der Waals surface area contributed by atoms with Crippen molar-refractivity contribution < 1.29 is 9.53 Å². The van der Waals surface area contributed by atoms with Crippen molar-refractivity contribution in [2.24, 2.45) is 16.6 Å². The van der Waals surface area contributed by atoms with Crippen LogP contribution in [-0.4, -0.2) is 34.4 Å². The number of aromatic nitrogens is 3. The lowest BCUT2D eigenvalue weighted by Crippen LogP contribution is -2.23. The Bertz CT molecular complexity index is 838. The van der Waals surface area contributed by atoms with Crippen LogP contribution in [-0.2, 0) is 4.79 Å². The monoisotopic (exact) mass is 354 g/mol. The van der Waals surface area contributed by atoms with Crippen LogP contribution in [0.25, 0.3) is 0 Å². The summed E-state index contributed by atoms with van der Waals surface area (Å²) in [6.45, 7) is 1.76. The molecule has 8 heteroatoms. The van der Waals surface area contributed by atoms with Crippen LogP contribution in [0, 0.1) is 5.92 Å². The van der Waals surface area contributed by atoms with Crippen molar-refractivity contribution in [3.63, 3.8) is 0 Å². The molecule has 2 heterocycles. The van der Waals surface area contributed by atoms with Gasteiger partial charge in [0.1, 0.15) is 0 Å². The third-order valence-electron chi connectivity index (χ3n) is 4.22. The maximum Gasteiger partial charge on any atom is 0.232 e. The molecule has 0 aliphatic heterocycles. The van der Waals surface area contributed by atoms with Crippen molar-refractivity contribution in [1.29, 1.82) is 0 Å². The summed E-state index contributed by atoms with van der Waals surface area (Å²) in [5.41, 5.74) is 7.31. The number of anilines is 1. The van der Waals surface area contributed by atoms with Crippen LogP contribution in [0.15, 0.2) is 41.0 Å². The van der Waals surface area contributed by atoms with Gasteiger partial charge in [-0.3, -0.25) is 9.89 Å². The highest BCUT2D eigenvalue weighted by Gasteiger charge is 2.26. The maximum atomic E-state index is 12.5. The molecule has 1 aliphatic rings. The molecule has 26 heavy (non-hydrogen) atoms. The van der Waals surface area contributed by atoms with Gasteiger partial charge in [-0.15, -0.1) is 0 Å². The van der Waals surface area contributed by atoms with E-state index in [1.54, 1.807) is 25.1 Å². The Kier molecular flexibility index (Phi) is 5.31. The van der Waals surface area contributed by atoms with Crippen molar-refractivity contribution >= 4 is 23.8 Å². The number of nitrogens with one attached hydrogen (secondary N) is 2. The largest absolute Gasteiger partial charge is 0.481 e. The van der Waals surface area contributed by atoms with E-state index in [1.165, 1.54) is 32.4 Å². The third kappa shape index (κ3) is 4.27. The Morgan fingerprint density at radius 3 is 3.00 bits per heavy atom. The highest BCUT2D eigenvalue weighted by Crippen LogP contribution is 2.39. The molecule has 3 rings (SSSR count). The number of pyridine rings is 1. The lowest BCUT2D eigenvalue weighted by atomic mass is 10.0. The molecule has 0 aromatic carbocycles. The maximum absolute atomic E-state index is 12.5. The molecule has 1 unspecified atom stereocenters. The van der Waals surface area contributed by atoms with Gasteiger partial charge in [0.15, 0.2) is 11.6 Å². The first-order valence-electron chi connectivity index (χ1n) is 8.43. The zero-order valence-electron chi connectivity index (χ0n) is 14.8. The van der Waals surface area contributed by atoms with E-state index in [2.05, 4.69) is 25.5 Å². The van der Waals surface area contributed by atoms with E-state index >= 15 is 0 Å². The second-order valence-electron chi connectivity index (χ2n) is 6.16. The van der Waals surface area contributed by atoms with Crippen molar-refractivity contribution in [3.8, 4) is 5.88 Å². The van der Waals surface area contributed by atoms with Crippen LogP contribution < -0.4 is 15.8 Å². The number of aromatic amines is 1. The number of H-pyrrole nitrogens is 1. The van der Waals surface area contributed by atoms with E-state index in [1.807, 2.05) is 6.07 Å². The quantitative estimate of drug-likeness (QED) is 0.660. The molecule has 1 atom stereocenters. The van der Waals surface area contributed by atoms with Crippen molar-refractivity contribution in [3.05, 3.63) is 41.7 Å². The molecule has 0 spiro atoms. The van der Waals surface area contributed by atoms with Gasteiger partial charge in [-0.05, 0) is 37.6 Å². The number of aliphatic imine (C=N–C) groups is 1. The number of methoxy groups -OCH3 is 1. The van der Waals surface area contributed by atoms with Crippen molar-refractivity contribution in [2.45, 2.75) is 25.7 Å². The van der Waals surface area contributed by atoms with E-state index in [-0.39, 0.29) is 5.91 Å². The number of hydrogen-bond donors (Lipinski definition) is 3. The second-order valence-corrected chi connectivity index (χ2v) is 6.16. The van der Waals surface area contributed by atoms with E-state index in [9.17, 15) is 4.79 Å². The van der Waals surface area contributed by atoms with Crippen LogP contribution in [0.5, 0.6) is 5.88 Å². The average molecular weight is 354 g/mol. The fraction of sp³-hybridized carbons (Fsp3) is 0.333. The average Bonchev–Trinajstić information content (AvgIpc) is 3.41. The first kappa shape index (κ1) is 17.7. The minimum atomic E-state index is -0.490. The second kappa shape index (κ2) is 7.81. The number of carbonyl (C=O) groups excluding carboxylic acids is 1. The molecule has 4 N–H and O–H groups in total. The normalized spacial score (nSPS) is 15.8. The van der Waals surface area contributed by atoms with E-state index in [0.717, 1.165) is 5.69 Å². The lowest BCUT2D eigenvalue weighted by molar-refractivity contribution is -0.118. The van der Waals surface area contributed by atoms with Crippen LogP contribution in [0.3, 0.4) is 0 Å². The first-order valence-corrected chi connectivity index (χ1v) is 8.43. The topological polar surface area (TPSA) is 118 Å². The van der Waals surface area contributed by atoms with E-state index in [0.29, 0.717) is 29.0 Å².